The van der Waals surface area contributed by atoms with E-state index in [2.05, 4.69) is 4.74 Å². The maximum atomic E-state index is 12.9. The van der Waals surface area contributed by atoms with Gasteiger partial charge in [-0.15, -0.1) is 0 Å². The van der Waals surface area contributed by atoms with Crippen molar-refractivity contribution in [2.75, 3.05) is 7.11 Å². The Morgan fingerprint density at radius 3 is 2.05 bits per heavy atom. The molecule has 0 aliphatic rings. The molecule has 3 nitrogen and oxygen atoms in total. The first-order chi connectivity index (χ1) is 10.6. The summed E-state index contributed by atoms with van der Waals surface area (Å²) in [6.45, 7) is 0. The van der Waals surface area contributed by atoms with E-state index in [-0.39, 0.29) is 17.6 Å². The van der Waals surface area contributed by atoms with Crippen LogP contribution in [0.1, 0.15) is 34.3 Å². The zero-order chi connectivity index (χ0) is 15.9. The van der Waals surface area contributed by atoms with E-state index < -0.39 is 0 Å². The van der Waals surface area contributed by atoms with Crippen LogP contribution in [0.4, 0.5) is 4.39 Å². The molecular weight excluding hydrogens is 283 g/mol. The zero-order valence-electron chi connectivity index (χ0n) is 12.3. The second-order valence-corrected chi connectivity index (χ2v) is 4.96. The van der Waals surface area contributed by atoms with Gasteiger partial charge in [0.15, 0.2) is 5.78 Å². The molecule has 0 heterocycles. The normalized spacial score (nSPS) is 10.3. The minimum Gasteiger partial charge on any atom is -0.469 e. The van der Waals surface area contributed by atoms with Gasteiger partial charge in [0.25, 0.3) is 0 Å². The van der Waals surface area contributed by atoms with Crippen LogP contribution in [-0.4, -0.2) is 18.9 Å². The van der Waals surface area contributed by atoms with Gasteiger partial charge in [-0.2, -0.15) is 0 Å². The fourth-order valence-electron chi connectivity index (χ4n) is 2.13. The molecular formula is C18H17FO3. The standard InChI is InChI=1S/C18H17FO3/c1-22-17(20)4-2-3-13-5-7-14(8-6-13)18(21)15-9-11-16(19)12-10-15/h5-12H,2-4H2,1H3. The van der Waals surface area contributed by atoms with Gasteiger partial charge in [-0.05, 0) is 42.7 Å². The molecule has 0 radical (unpaired) electrons. The number of aryl methyl sites for hydroxylation is 1. The molecule has 0 aliphatic carbocycles. The number of hydrogen-bond donors (Lipinski definition) is 0. The zero-order valence-corrected chi connectivity index (χ0v) is 12.3. The van der Waals surface area contributed by atoms with Gasteiger partial charge >= 0.3 is 5.97 Å². The highest BCUT2D eigenvalue weighted by molar-refractivity contribution is 6.08. The van der Waals surface area contributed by atoms with Crippen LogP contribution < -0.4 is 0 Å². The van der Waals surface area contributed by atoms with Crippen LogP contribution >= 0.6 is 0 Å². The molecule has 0 amide bonds. The van der Waals surface area contributed by atoms with Gasteiger partial charge in [-0.25, -0.2) is 4.39 Å². The number of ether oxygens (including phenoxy) is 1. The summed E-state index contributed by atoms with van der Waals surface area (Å²) in [5, 5.41) is 0. The van der Waals surface area contributed by atoms with E-state index in [9.17, 15) is 14.0 Å². The number of hydrogen-bond acceptors (Lipinski definition) is 3. The van der Waals surface area contributed by atoms with E-state index in [0.717, 1.165) is 12.0 Å². The summed E-state index contributed by atoms with van der Waals surface area (Å²) < 4.78 is 17.4. The molecule has 0 unspecified atom stereocenters. The van der Waals surface area contributed by atoms with E-state index in [1.165, 1.54) is 31.4 Å². The van der Waals surface area contributed by atoms with Gasteiger partial charge in [-0.1, -0.05) is 24.3 Å². The monoisotopic (exact) mass is 300 g/mol. The minimum absolute atomic E-state index is 0.138. The van der Waals surface area contributed by atoms with Gasteiger partial charge < -0.3 is 4.74 Å². The van der Waals surface area contributed by atoms with Crippen LogP contribution in [-0.2, 0) is 16.0 Å². The van der Waals surface area contributed by atoms with Crippen LogP contribution in [0.2, 0.25) is 0 Å². The predicted octanol–water partition coefficient (Wildman–Crippen LogP) is 3.55. The first-order valence-corrected chi connectivity index (χ1v) is 7.06. The molecule has 0 fully saturated rings. The van der Waals surface area contributed by atoms with Crippen molar-refractivity contribution in [3.63, 3.8) is 0 Å². The molecule has 0 atom stereocenters. The van der Waals surface area contributed by atoms with E-state index in [0.29, 0.717) is 24.0 Å². The number of esters is 1. The lowest BCUT2D eigenvalue weighted by atomic mass is 10.0. The number of ketones is 1. The predicted molar refractivity (Wildman–Crippen MR) is 81.2 cm³/mol. The Kier molecular flexibility index (Phi) is 5.42. The van der Waals surface area contributed by atoms with E-state index in [4.69, 9.17) is 0 Å². The molecule has 0 N–H and O–H groups in total. The first kappa shape index (κ1) is 15.9. The summed E-state index contributed by atoms with van der Waals surface area (Å²) in [6.07, 6.45) is 1.84. The highest BCUT2D eigenvalue weighted by Gasteiger charge is 2.09. The van der Waals surface area contributed by atoms with Gasteiger partial charge in [0.2, 0.25) is 0 Å². The van der Waals surface area contributed by atoms with Gasteiger partial charge in [0.05, 0.1) is 7.11 Å². The summed E-state index contributed by atoms with van der Waals surface area (Å²) in [7, 11) is 1.37. The quantitative estimate of drug-likeness (QED) is 0.605. The van der Waals surface area contributed by atoms with Crippen molar-refractivity contribution in [2.45, 2.75) is 19.3 Å². The summed E-state index contributed by atoms with van der Waals surface area (Å²) in [5.41, 5.74) is 2.07. The molecule has 114 valence electrons. The first-order valence-electron chi connectivity index (χ1n) is 7.06. The molecule has 4 heteroatoms. The molecule has 0 saturated carbocycles. The van der Waals surface area contributed by atoms with Crippen molar-refractivity contribution < 1.29 is 18.7 Å². The Morgan fingerprint density at radius 2 is 1.50 bits per heavy atom. The molecule has 2 aromatic rings. The number of benzene rings is 2. The maximum Gasteiger partial charge on any atom is 0.305 e. The highest BCUT2D eigenvalue weighted by atomic mass is 19.1. The summed E-state index contributed by atoms with van der Waals surface area (Å²) in [6, 6.07) is 12.7. The van der Waals surface area contributed by atoms with Crippen molar-refractivity contribution >= 4 is 11.8 Å². The van der Waals surface area contributed by atoms with Gasteiger partial charge in [0, 0.05) is 17.5 Å². The van der Waals surface area contributed by atoms with Crippen LogP contribution in [0.15, 0.2) is 48.5 Å². The van der Waals surface area contributed by atoms with Gasteiger partial charge in [-0.3, -0.25) is 9.59 Å². The summed E-state index contributed by atoms with van der Waals surface area (Å²) in [5.74, 6) is -0.721. The maximum absolute atomic E-state index is 12.9. The lowest BCUT2D eigenvalue weighted by Gasteiger charge is -2.04. The average Bonchev–Trinajstić information content (AvgIpc) is 2.55. The molecule has 2 aromatic carbocycles. The van der Waals surface area contributed by atoms with Crippen LogP contribution in [0.3, 0.4) is 0 Å². The third kappa shape index (κ3) is 4.25. The fraction of sp³-hybridized carbons (Fsp3) is 0.222. The second-order valence-electron chi connectivity index (χ2n) is 4.96. The van der Waals surface area contributed by atoms with Gasteiger partial charge in [0.1, 0.15) is 5.82 Å². The average molecular weight is 300 g/mol. The highest BCUT2D eigenvalue weighted by Crippen LogP contribution is 2.13. The Bertz CT molecular complexity index is 645. The Morgan fingerprint density at radius 1 is 0.955 bits per heavy atom. The second kappa shape index (κ2) is 7.50. The molecule has 0 bridgehead atoms. The van der Waals surface area contributed by atoms with E-state index >= 15 is 0 Å². The number of carbonyl (C=O) groups is 2. The lowest BCUT2D eigenvalue weighted by Crippen LogP contribution is -2.02. The molecule has 0 aliphatic heterocycles. The number of rotatable bonds is 6. The largest absolute Gasteiger partial charge is 0.469 e. The Hall–Kier alpha value is -2.49. The Balaban J connectivity index is 1.97. The molecule has 0 spiro atoms. The van der Waals surface area contributed by atoms with Crippen molar-refractivity contribution in [1.82, 2.24) is 0 Å². The summed E-state index contributed by atoms with van der Waals surface area (Å²) >= 11 is 0. The van der Waals surface area contributed by atoms with E-state index in [1.54, 1.807) is 12.1 Å². The third-order valence-corrected chi connectivity index (χ3v) is 3.40. The van der Waals surface area contributed by atoms with Crippen molar-refractivity contribution in [1.29, 1.82) is 0 Å². The molecule has 0 saturated heterocycles. The lowest BCUT2D eigenvalue weighted by molar-refractivity contribution is -0.140. The number of halogens is 1. The molecule has 22 heavy (non-hydrogen) atoms. The SMILES string of the molecule is COC(=O)CCCc1ccc(C(=O)c2ccc(F)cc2)cc1. The fourth-order valence-corrected chi connectivity index (χ4v) is 2.13. The number of methoxy groups -OCH3 is 1. The summed E-state index contributed by atoms with van der Waals surface area (Å²) in [4.78, 5) is 23.3. The van der Waals surface area contributed by atoms with Crippen molar-refractivity contribution in [3.05, 3.63) is 71.0 Å². The van der Waals surface area contributed by atoms with Crippen molar-refractivity contribution in [3.8, 4) is 0 Å². The number of carbonyl (C=O) groups excluding carboxylic acids is 2. The third-order valence-electron chi connectivity index (χ3n) is 3.40. The van der Waals surface area contributed by atoms with E-state index in [1.807, 2.05) is 12.1 Å². The molecule has 0 aromatic heterocycles. The van der Waals surface area contributed by atoms with Crippen LogP contribution in [0, 0.1) is 5.82 Å². The topological polar surface area (TPSA) is 43.4 Å². The van der Waals surface area contributed by atoms with Crippen molar-refractivity contribution in [2.24, 2.45) is 0 Å². The van der Waals surface area contributed by atoms with Crippen LogP contribution in [0.25, 0.3) is 0 Å². The smallest absolute Gasteiger partial charge is 0.305 e. The van der Waals surface area contributed by atoms with Crippen LogP contribution in [0.5, 0.6) is 0 Å². The minimum atomic E-state index is -0.363. The Labute approximate surface area is 128 Å². The molecule has 2 rings (SSSR count).